The first-order valence-electron chi connectivity index (χ1n) is 9.96. The van der Waals surface area contributed by atoms with Crippen molar-refractivity contribution in [2.45, 2.75) is 47.0 Å². The van der Waals surface area contributed by atoms with E-state index >= 15 is 0 Å². The van der Waals surface area contributed by atoms with Crippen LogP contribution in [-0.4, -0.2) is 32.6 Å². The Kier molecular flexibility index (Phi) is 6.94. The molecule has 152 valence electrons. The Hall–Kier alpha value is -3.22. The van der Waals surface area contributed by atoms with Crippen LogP contribution in [0.4, 0.5) is 5.82 Å². The molecule has 3 rings (SSSR count). The van der Waals surface area contributed by atoms with E-state index in [9.17, 15) is 0 Å². The first-order valence-corrected chi connectivity index (χ1v) is 9.96. The summed E-state index contributed by atoms with van der Waals surface area (Å²) in [6.45, 7) is 8.75. The Bertz CT molecular complexity index is 962. The zero-order valence-electron chi connectivity index (χ0n) is 17.5. The molecule has 0 unspecified atom stereocenters. The summed E-state index contributed by atoms with van der Waals surface area (Å²) in [7, 11) is 0. The molecule has 29 heavy (non-hydrogen) atoms. The molecule has 3 aromatic rings. The average Bonchev–Trinajstić information content (AvgIpc) is 3.04. The summed E-state index contributed by atoms with van der Waals surface area (Å²) in [6.07, 6.45) is 5.23. The third kappa shape index (κ3) is 5.88. The van der Waals surface area contributed by atoms with Gasteiger partial charge in [0.1, 0.15) is 11.6 Å². The molecule has 1 aromatic carbocycles. The Morgan fingerprint density at radius 1 is 1.07 bits per heavy atom. The number of aromatic nitrogens is 4. The largest absolute Gasteiger partial charge is 0.494 e. The first-order chi connectivity index (χ1) is 14.0. The SMILES string of the molecule is CCCCCOc1ccc(/C=N/Nc2cc(-n3nc(C)cc3C)nc(C)n2)cc1. The first kappa shape index (κ1) is 20.5. The maximum absolute atomic E-state index is 5.73. The second kappa shape index (κ2) is 9.82. The van der Waals surface area contributed by atoms with Crippen LogP contribution in [0.1, 0.15) is 49.0 Å². The highest BCUT2D eigenvalue weighted by molar-refractivity contribution is 5.80. The number of hydrogen-bond donors (Lipinski definition) is 1. The Morgan fingerprint density at radius 3 is 2.55 bits per heavy atom. The van der Waals surface area contributed by atoms with Crippen molar-refractivity contribution in [1.29, 1.82) is 0 Å². The zero-order valence-corrected chi connectivity index (χ0v) is 17.5. The zero-order chi connectivity index (χ0) is 20.6. The second-order valence-corrected chi connectivity index (χ2v) is 6.99. The molecule has 7 heteroatoms. The molecule has 0 aliphatic heterocycles. The van der Waals surface area contributed by atoms with E-state index in [0.29, 0.717) is 17.5 Å². The van der Waals surface area contributed by atoms with E-state index < -0.39 is 0 Å². The van der Waals surface area contributed by atoms with Crippen molar-refractivity contribution in [1.82, 2.24) is 19.7 Å². The van der Waals surface area contributed by atoms with Gasteiger partial charge in [-0.3, -0.25) is 5.43 Å². The average molecular weight is 393 g/mol. The molecule has 0 fully saturated rings. The minimum atomic E-state index is 0.618. The van der Waals surface area contributed by atoms with Crippen LogP contribution < -0.4 is 10.2 Å². The number of ether oxygens (including phenoxy) is 1. The van der Waals surface area contributed by atoms with Gasteiger partial charge >= 0.3 is 0 Å². The molecule has 0 atom stereocenters. The molecule has 0 aliphatic rings. The van der Waals surface area contributed by atoms with Gasteiger partial charge in [0.2, 0.25) is 0 Å². The van der Waals surface area contributed by atoms with Crippen LogP contribution in [0.5, 0.6) is 5.75 Å². The predicted octanol–water partition coefficient (Wildman–Crippen LogP) is 4.60. The quantitative estimate of drug-likeness (QED) is 0.327. The van der Waals surface area contributed by atoms with E-state index in [2.05, 4.69) is 32.5 Å². The molecular weight excluding hydrogens is 364 g/mol. The lowest BCUT2D eigenvalue weighted by molar-refractivity contribution is 0.306. The van der Waals surface area contributed by atoms with E-state index in [0.717, 1.165) is 35.7 Å². The monoisotopic (exact) mass is 392 g/mol. The summed E-state index contributed by atoms with van der Waals surface area (Å²) in [6, 6.07) is 11.7. The van der Waals surface area contributed by atoms with E-state index in [4.69, 9.17) is 4.74 Å². The number of nitrogens with zero attached hydrogens (tertiary/aromatic N) is 5. The van der Waals surface area contributed by atoms with Gasteiger partial charge in [-0.25, -0.2) is 14.6 Å². The van der Waals surface area contributed by atoms with Crippen molar-refractivity contribution in [3.05, 3.63) is 59.2 Å². The van der Waals surface area contributed by atoms with Gasteiger partial charge in [-0.2, -0.15) is 10.2 Å². The van der Waals surface area contributed by atoms with Crippen molar-refractivity contribution in [2.75, 3.05) is 12.0 Å². The number of unbranched alkanes of at least 4 members (excludes halogenated alkanes) is 2. The Balaban J connectivity index is 1.62. The van der Waals surface area contributed by atoms with Crippen LogP contribution in [0.3, 0.4) is 0 Å². The summed E-state index contributed by atoms with van der Waals surface area (Å²) < 4.78 is 7.53. The van der Waals surface area contributed by atoms with Crippen molar-refractivity contribution < 1.29 is 4.74 Å². The number of benzene rings is 1. The summed E-state index contributed by atoms with van der Waals surface area (Å²) in [4.78, 5) is 8.87. The highest BCUT2D eigenvalue weighted by Crippen LogP contribution is 2.15. The Morgan fingerprint density at radius 2 is 1.86 bits per heavy atom. The summed E-state index contributed by atoms with van der Waals surface area (Å²) in [5.74, 6) is 2.86. The fourth-order valence-electron chi connectivity index (χ4n) is 2.94. The maximum atomic E-state index is 5.73. The van der Waals surface area contributed by atoms with Gasteiger partial charge in [-0.05, 0) is 63.1 Å². The van der Waals surface area contributed by atoms with Crippen LogP contribution in [0.15, 0.2) is 41.5 Å². The van der Waals surface area contributed by atoms with Gasteiger partial charge in [0.05, 0.1) is 18.5 Å². The second-order valence-electron chi connectivity index (χ2n) is 6.99. The lowest BCUT2D eigenvalue weighted by Gasteiger charge is -2.07. The number of hydrogen-bond acceptors (Lipinski definition) is 6. The summed E-state index contributed by atoms with van der Waals surface area (Å²) in [5.41, 5.74) is 5.92. The Labute approximate surface area is 171 Å². The highest BCUT2D eigenvalue weighted by Gasteiger charge is 2.08. The lowest BCUT2D eigenvalue weighted by atomic mass is 10.2. The standard InChI is InChI=1S/C22H28N6O/c1-5-6-7-12-29-20-10-8-19(9-11-20)15-23-26-21-14-22(25-18(4)24-21)28-17(3)13-16(2)27-28/h8-11,13-15H,5-7,12H2,1-4H3,(H,24,25,26)/b23-15+. The highest BCUT2D eigenvalue weighted by atomic mass is 16.5. The van der Waals surface area contributed by atoms with Gasteiger partial charge < -0.3 is 4.74 Å². The topological polar surface area (TPSA) is 77.2 Å². The fourth-order valence-corrected chi connectivity index (χ4v) is 2.94. The molecule has 1 N–H and O–H groups in total. The normalized spacial score (nSPS) is 11.2. The van der Waals surface area contributed by atoms with Crippen LogP contribution >= 0.6 is 0 Å². The van der Waals surface area contributed by atoms with Crippen LogP contribution in [0.2, 0.25) is 0 Å². The third-order valence-electron chi connectivity index (χ3n) is 4.34. The van der Waals surface area contributed by atoms with E-state index in [1.807, 2.05) is 57.2 Å². The van der Waals surface area contributed by atoms with Crippen LogP contribution in [-0.2, 0) is 0 Å². The fraction of sp³-hybridized carbons (Fsp3) is 0.364. The summed E-state index contributed by atoms with van der Waals surface area (Å²) >= 11 is 0. The van der Waals surface area contributed by atoms with Gasteiger partial charge in [-0.15, -0.1) is 0 Å². The van der Waals surface area contributed by atoms with Crippen LogP contribution in [0, 0.1) is 20.8 Å². The molecular formula is C22H28N6O. The molecule has 2 heterocycles. The van der Waals surface area contributed by atoms with Gasteiger partial charge in [0.25, 0.3) is 0 Å². The molecule has 0 saturated carbocycles. The number of anilines is 1. The minimum absolute atomic E-state index is 0.618. The molecule has 0 radical (unpaired) electrons. The number of hydrazone groups is 1. The smallest absolute Gasteiger partial charge is 0.159 e. The van der Waals surface area contributed by atoms with Crippen molar-refractivity contribution in [2.24, 2.45) is 5.10 Å². The van der Waals surface area contributed by atoms with Crippen molar-refractivity contribution in [3.8, 4) is 11.6 Å². The number of nitrogens with one attached hydrogen (secondary N) is 1. The predicted molar refractivity (Wildman–Crippen MR) is 116 cm³/mol. The molecule has 0 spiro atoms. The van der Waals surface area contributed by atoms with Crippen molar-refractivity contribution >= 4 is 12.0 Å². The van der Waals surface area contributed by atoms with E-state index in [1.165, 1.54) is 12.8 Å². The van der Waals surface area contributed by atoms with Crippen LogP contribution in [0.25, 0.3) is 5.82 Å². The van der Waals surface area contributed by atoms with Gasteiger partial charge in [-0.1, -0.05) is 19.8 Å². The molecule has 7 nitrogen and oxygen atoms in total. The lowest BCUT2D eigenvalue weighted by Crippen LogP contribution is -2.06. The summed E-state index contributed by atoms with van der Waals surface area (Å²) in [5, 5.41) is 8.77. The van der Waals surface area contributed by atoms with Gasteiger partial charge in [0, 0.05) is 11.8 Å². The molecule has 0 aliphatic carbocycles. The molecule has 0 amide bonds. The molecule has 0 saturated heterocycles. The molecule has 2 aromatic heterocycles. The third-order valence-corrected chi connectivity index (χ3v) is 4.34. The number of rotatable bonds is 9. The van der Waals surface area contributed by atoms with Gasteiger partial charge in [0.15, 0.2) is 11.6 Å². The van der Waals surface area contributed by atoms with E-state index in [-0.39, 0.29) is 0 Å². The molecule has 0 bridgehead atoms. The minimum Gasteiger partial charge on any atom is -0.494 e. The van der Waals surface area contributed by atoms with Crippen molar-refractivity contribution in [3.63, 3.8) is 0 Å². The number of aryl methyl sites for hydroxylation is 3. The van der Waals surface area contributed by atoms with E-state index in [1.54, 1.807) is 10.9 Å². The maximum Gasteiger partial charge on any atom is 0.159 e.